The number of hydrogen-bond donors (Lipinski definition) is 2. The number of nitrogens with zero attached hydrogens (tertiary/aromatic N) is 2. The summed E-state index contributed by atoms with van der Waals surface area (Å²) in [5.74, 6) is -0.739. The topological polar surface area (TPSA) is 85.2 Å². The molecule has 1 aliphatic rings. The van der Waals surface area contributed by atoms with Crippen molar-refractivity contribution in [1.82, 2.24) is 15.1 Å². The largest absolute Gasteiger partial charge is 0.465 e. The van der Waals surface area contributed by atoms with Gasteiger partial charge in [-0.2, -0.15) is 5.10 Å². The van der Waals surface area contributed by atoms with Crippen LogP contribution in [0, 0.1) is 6.92 Å². The number of halogens is 1. The van der Waals surface area contributed by atoms with Gasteiger partial charge in [0.1, 0.15) is 0 Å². The van der Waals surface area contributed by atoms with Crippen LogP contribution >= 0.6 is 12.4 Å². The fourth-order valence-electron chi connectivity index (χ4n) is 2.91. The number of aryl methyl sites for hydroxylation is 1. The molecule has 7 nitrogen and oxygen atoms in total. The molecule has 1 aromatic carbocycles. The predicted molar refractivity (Wildman–Crippen MR) is 101 cm³/mol. The second-order valence-corrected chi connectivity index (χ2v) is 6.16. The van der Waals surface area contributed by atoms with Crippen molar-refractivity contribution in [2.45, 2.75) is 25.8 Å². The minimum atomic E-state index is -0.440. The van der Waals surface area contributed by atoms with Crippen LogP contribution in [-0.2, 0) is 4.74 Å². The maximum Gasteiger partial charge on any atom is 0.337 e. The van der Waals surface area contributed by atoms with E-state index in [-0.39, 0.29) is 24.4 Å². The molecule has 0 aliphatic carbocycles. The molecular weight excluding hydrogens is 356 g/mol. The highest BCUT2D eigenvalue weighted by molar-refractivity contribution is 6.04. The average molecular weight is 379 g/mol. The van der Waals surface area contributed by atoms with Crippen LogP contribution in [0.2, 0.25) is 0 Å². The third kappa shape index (κ3) is 4.42. The molecule has 1 fully saturated rings. The Morgan fingerprint density at radius 2 is 2.15 bits per heavy atom. The van der Waals surface area contributed by atoms with Crippen LogP contribution < -0.4 is 10.6 Å². The molecule has 2 N–H and O–H groups in total. The van der Waals surface area contributed by atoms with Crippen molar-refractivity contribution in [2.75, 3.05) is 25.5 Å². The van der Waals surface area contributed by atoms with Crippen molar-refractivity contribution in [3.63, 3.8) is 0 Å². The Hall–Kier alpha value is -2.38. The molecule has 1 aliphatic heterocycles. The minimum absolute atomic E-state index is 0. The van der Waals surface area contributed by atoms with E-state index in [2.05, 4.69) is 15.7 Å². The lowest BCUT2D eigenvalue weighted by atomic mass is 10.1. The van der Waals surface area contributed by atoms with Crippen LogP contribution in [0.4, 0.5) is 5.69 Å². The van der Waals surface area contributed by atoms with Gasteiger partial charge in [0, 0.05) is 18.4 Å². The number of nitrogens with one attached hydrogen (secondary N) is 2. The quantitative estimate of drug-likeness (QED) is 0.799. The molecule has 2 heterocycles. The Bertz CT molecular complexity index is 784. The van der Waals surface area contributed by atoms with E-state index in [1.54, 1.807) is 24.3 Å². The number of carbonyl (C=O) groups excluding carboxylic acids is 2. The molecule has 2 aromatic rings. The molecule has 1 unspecified atom stereocenters. The lowest BCUT2D eigenvalue weighted by Crippen LogP contribution is -2.32. The third-order valence-corrected chi connectivity index (χ3v) is 4.39. The predicted octanol–water partition coefficient (Wildman–Crippen LogP) is 2.58. The second-order valence-electron chi connectivity index (χ2n) is 6.16. The first-order valence-corrected chi connectivity index (χ1v) is 8.34. The van der Waals surface area contributed by atoms with E-state index in [1.165, 1.54) is 7.11 Å². The van der Waals surface area contributed by atoms with E-state index in [4.69, 9.17) is 4.74 Å². The number of piperidine rings is 1. The first-order chi connectivity index (χ1) is 12.1. The standard InChI is InChI=1S/C18H22N4O3.ClH/c1-12-5-6-13(18(24)25-2)10-16(12)20-17(23)15-7-9-22(21-15)14-4-3-8-19-11-14;/h5-7,9-10,14,19H,3-4,8,11H2,1-2H3,(H,20,23);1H. The van der Waals surface area contributed by atoms with Crippen LogP contribution in [0.1, 0.15) is 45.3 Å². The maximum atomic E-state index is 12.5. The van der Waals surface area contributed by atoms with E-state index >= 15 is 0 Å². The highest BCUT2D eigenvalue weighted by Gasteiger charge is 2.18. The number of hydrogen-bond acceptors (Lipinski definition) is 5. The fraction of sp³-hybridized carbons (Fsp3) is 0.389. The number of methoxy groups -OCH3 is 1. The number of esters is 1. The van der Waals surface area contributed by atoms with Gasteiger partial charge in [0.2, 0.25) is 0 Å². The summed E-state index contributed by atoms with van der Waals surface area (Å²) in [6, 6.07) is 7.04. The first kappa shape index (κ1) is 19.9. The average Bonchev–Trinajstić information content (AvgIpc) is 3.14. The Kier molecular flexibility index (Phi) is 6.76. The van der Waals surface area contributed by atoms with Gasteiger partial charge in [0.05, 0.1) is 18.7 Å². The summed E-state index contributed by atoms with van der Waals surface area (Å²) < 4.78 is 6.56. The molecule has 140 valence electrons. The van der Waals surface area contributed by atoms with Crippen molar-refractivity contribution in [3.05, 3.63) is 47.3 Å². The molecule has 0 radical (unpaired) electrons. The van der Waals surface area contributed by atoms with Crippen molar-refractivity contribution in [2.24, 2.45) is 0 Å². The van der Waals surface area contributed by atoms with Gasteiger partial charge in [-0.05, 0) is 50.1 Å². The van der Waals surface area contributed by atoms with Gasteiger partial charge in [0.25, 0.3) is 5.91 Å². The molecule has 0 saturated carbocycles. The summed E-state index contributed by atoms with van der Waals surface area (Å²) >= 11 is 0. The van der Waals surface area contributed by atoms with E-state index in [1.807, 2.05) is 17.8 Å². The van der Waals surface area contributed by atoms with Crippen molar-refractivity contribution < 1.29 is 14.3 Å². The van der Waals surface area contributed by atoms with E-state index < -0.39 is 5.97 Å². The monoisotopic (exact) mass is 378 g/mol. The Labute approximate surface area is 158 Å². The van der Waals surface area contributed by atoms with Gasteiger partial charge >= 0.3 is 5.97 Å². The van der Waals surface area contributed by atoms with Crippen LogP contribution in [0.25, 0.3) is 0 Å². The normalized spacial score (nSPS) is 16.5. The molecule has 1 amide bonds. The summed E-state index contributed by atoms with van der Waals surface area (Å²) in [5.41, 5.74) is 2.18. The molecule has 26 heavy (non-hydrogen) atoms. The summed E-state index contributed by atoms with van der Waals surface area (Å²) in [5, 5.41) is 10.6. The van der Waals surface area contributed by atoms with Crippen LogP contribution in [0.15, 0.2) is 30.5 Å². The number of amides is 1. The zero-order valence-corrected chi connectivity index (χ0v) is 15.6. The van der Waals surface area contributed by atoms with Gasteiger partial charge in [-0.25, -0.2) is 4.79 Å². The number of anilines is 1. The molecule has 0 bridgehead atoms. The van der Waals surface area contributed by atoms with Crippen molar-refractivity contribution in [1.29, 1.82) is 0 Å². The molecular formula is C18H23ClN4O3. The zero-order valence-electron chi connectivity index (χ0n) is 14.8. The van der Waals surface area contributed by atoms with Crippen molar-refractivity contribution in [3.8, 4) is 0 Å². The molecule has 1 atom stereocenters. The van der Waals surface area contributed by atoms with Gasteiger partial charge in [0.15, 0.2) is 5.69 Å². The van der Waals surface area contributed by atoms with Crippen LogP contribution in [0.3, 0.4) is 0 Å². The Balaban J connectivity index is 0.00000243. The number of ether oxygens (including phenoxy) is 1. The van der Waals surface area contributed by atoms with Crippen LogP contribution in [-0.4, -0.2) is 41.9 Å². The lowest BCUT2D eigenvalue weighted by molar-refractivity contribution is 0.0600. The first-order valence-electron chi connectivity index (χ1n) is 8.34. The molecule has 3 rings (SSSR count). The summed E-state index contributed by atoms with van der Waals surface area (Å²) in [6.07, 6.45) is 3.99. The van der Waals surface area contributed by atoms with E-state index in [0.29, 0.717) is 16.9 Å². The van der Waals surface area contributed by atoms with Crippen molar-refractivity contribution >= 4 is 30.0 Å². The van der Waals surface area contributed by atoms with E-state index in [9.17, 15) is 9.59 Å². The van der Waals surface area contributed by atoms with Gasteiger partial charge in [-0.3, -0.25) is 9.48 Å². The minimum Gasteiger partial charge on any atom is -0.465 e. The van der Waals surface area contributed by atoms with Crippen LogP contribution in [0.5, 0.6) is 0 Å². The Morgan fingerprint density at radius 3 is 2.85 bits per heavy atom. The SMILES string of the molecule is COC(=O)c1ccc(C)c(NC(=O)c2ccn(C3CCCNC3)n2)c1.Cl. The Morgan fingerprint density at radius 1 is 1.35 bits per heavy atom. The molecule has 8 heteroatoms. The fourth-order valence-corrected chi connectivity index (χ4v) is 2.91. The zero-order chi connectivity index (χ0) is 17.8. The lowest BCUT2D eigenvalue weighted by Gasteiger charge is -2.22. The maximum absolute atomic E-state index is 12.5. The molecule has 0 spiro atoms. The second kappa shape index (κ2) is 8.82. The number of rotatable bonds is 4. The summed E-state index contributed by atoms with van der Waals surface area (Å²) in [6.45, 7) is 3.76. The highest BCUT2D eigenvalue weighted by Crippen LogP contribution is 2.19. The smallest absolute Gasteiger partial charge is 0.337 e. The summed E-state index contributed by atoms with van der Waals surface area (Å²) in [7, 11) is 1.33. The third-order valence-electron chi connectivity index (χ3n) is 4.39. The summed E-state index contributed by atoms with van der Waals surface area (Å²) in [4.78, 5) is 24.1. The number of aromatic nitrogens is 2. The van der Waals surface area contributed by atoms with Gasteiger partial charge in [-0.1, -0.05) is 6.07 Å². The molecule has 1 saturated heterocycles. The number of carbonyl (C=O) groups is 2. The van der Waals surface area contributed by atoms with Gasteiger partial charge < -0.3 is 15.4 Å². The number of benzene rings is 1. The van der Waals surface area contributed by atoms with Gasteiger partial charge in [-0.15, -0.1) is 12.4 Å². The molecule has 1 aromatic heterocycles. The van der Waals surface area contributed by atoms with E-state index in [0.717, 1.165) is 31.5 Å². The highest BCUT2D eigenvalue weighted by atomic mass is 35.5.